The van der Waals surface area contributed by atoms with Crippen molar-refractivity contribution < 1.29 is 23.9 Å². The number of carbonyl (C=O) groups excluding carboxylic acids is 4. The van der Waals surface area contributed by atoms with Gasteiger partial charge in [0.1, 0.15) is 5.00 Å². The predicted octanol–water partition coefficient (Wildman–Crippen LogP) is 1.94. The fourth-order valence-corrected chi connectivity index (χ4v) is 3.17. The molecule has 9 heteroatoms. The molecule has 1 aliphatic heterocycles. The summed E-state index contributed by atoms with van der Waals surface area (Å²) in [6.45, 7) is 0. The number of ether oxygens (including phenoxy) is 1. The quantitative estimate of drug-likeness (QED) is 0.797. The molecule has 1 aromatic carbocycles. The number of rotatable bonds is 4. The van der Waals surface area contributed by atoms with Crippen LogP contribution in [-0.2, 0) is 14.3 Å². The van der Waals surface area contributed by atoms with Crippen LogP contribution in [0.3, 0.4) is 0 Å². The lowest BCUT2D eigenvalue weighted by molar-refractivity contribution is -0.130. The van der Waals surface area contributed by atoms with Gasteiger partial charge >= 0.3 is 5.97 Å². The van der Waals surface area contributed by atoms with E-state index in [9.17, 15) is 19.2 Å². The SMILES string of the molecule is COC(=O)c1ccsc1NC(=O)c1ccc(N2NC(=O)CCC2=O)cc1. The van der Waals surface area contributed by atoms with Crippen LogP contribution in [-0.4, -0.2) is 30.8 Å². The van der Waals surface area contributed by atoms with Gasteiger partial charge in [0.15, 0.2) is 0 Å². The van der Waals surface area contributed by atoms with Gasteiger partial charge in [-0.1, -0.05) is 0 Å². The summed E-state index contributed by atoms with van der Waals surface area (Å²) in [5.74, 6) is -1.39. The van der Waals surface area contributed by atoms with Crippen LogP contribution in [0, 0.1) is 0 Å². The fraction of sp³-hybridized carbons (Fsp3) is 0.176. The van der Waals surface area contributed by atoms with Crippen molar-refractivity contribution in [2.75, 3.05) is 17.4 Å². The van der Waals surface area contributed by atoms with E-state index < -0.39 is 11.9 Å². The Morgan fingerprint density at radius 2 is 1.88 bits per heavy atom. The Morgan fingerprint density at radius 1 is 1.15 bits per heavy atom. The van der Waals surface area contributed by atoms with E-state index in [0.717, 1.165) is 0 Å². The normalized spacial score (nSPS) is 14.0. The first kappa shape index (κ1) is 17.6. The van der Waals surface area contributed by atoms with Gasteiger partial charge in [0, 0.05) is 18.4 Å². The van der Waals surface area contributed by atoms with Crippen LogP contribution in [0.25, 0.3) is 0 Å². The molecule has 1 aromatic heterocycles. The molecule has 1 aliphatic rings. The number of hydrogen-bond acceptors (Lipinski definition) is 6. The smallest absolute Gasteiger partial charge is 0.340 e. The third kappa shape index (κ3) is 3.57. The second-order valence-electron chi connectivity index (χ2n) is 5.42. The maximum Gasteiger partial charge on any atom is 0.340 e. The van der Waals surface area contributed by atoms with E-state index in [1.807, 2.05) is 0 Å². The number of carbonyl (C=O) groups is 4. The Labute approximate surface area is 152 Å². The van der Waals surface area contributed by atoms with Gasteiger partial charge in [-0.3, -0.25) is 19.8 Å². The van der Waals surface area contributed by atoms with Crippen molar-refractivity contribution in [1.29, 1.82) is 0 Å². The Balaban J connectivity index is 1.73. The van der Waals surface area contributed by atoms with Crippen molar-refractivity contribution in [2.45, 2.75) is 12.8 Å². The third-order valence-corrected chi connectivity index (χ3v) is 4.57. The monoisotopic (exact) mass is 373 g/mol. The number of amides is 3. The molecule has 8 nitrogen and oxygen atoms in total. The number of thiophene rings is 1. The summed E-state index contributed by atoms with van der Waals surface area (Å²) in [6, 6.07) is 7.76. The van der Waals surface area contributed by atoms with Crippen molar-refractivity contribution in [1.82, 2.24) is 5.43 Å². The zero-order valence-corrected chi connectivity index (χ0v) is 14.6. The Bertz CT molecular complexity index is 875. The molecule has 0 atom stereocenters. The Hall–Kier alpha value is -3.20. The molecule has 134 valence electrons. The minimum atomic E-state index is -0.531. The third-order valence-electron chi connectivity index (χ3n) is 3.74. The average molecular weight is 373 g/mol. The van der Waals surface area contributed by atoms with Gasteiger partial charge in [0.25, 0.3) is 5.91 Å². The van der Waals surface area contributed by atoms with Gasteiger partial charge in [-0.05, 0) is 35.7 Å². The lowest BCUT2D eigenvalue weighted by atomic mass is 10.1. The molecule has 0 bridgehead atoms. The number of benzene rings is 1. The summed E-state index contributed by atoms with van der Waals surface area (Å²) in [5.41, 5.74) is 3.58. The van der Waals surface area contributed by atoms with E-state index in [1.165, 1.54) is 35.6 Å². The van der Waals surface area contributed by atoms with Gasteiger partial charge in [-0.15, -0.1) is 11.3 Å². The molecule has 0 aliphatic carbocycles. The first-order chi connectivity index (χ1) is 12.5. The molecule has 2 aromatic rings. The highest BCUT2D eigenvalue weighted by atomic mass is 32.1. The topological polar surface area (TPSA) is 105 Å². The molecule has 2 N–H and O–H groups in total. The van der Waals surface area contributed by atoms with Crippen LogP contribution in [0.1, 0.15) is 33.6 Å². The Kier molecular flexibility index (Phi) is 4.99. The number of methoxy groups -OCH3 is 1. The number of hydrazine groups is 1. The summed E-state index contributed by atoms with van der Waals surface area (Å²) in [4.78, 5) is 47.4. The highest BCUT2D eigenvalue weighted by molar-refractivity contribution is 7.14. The van der Waals surface area contributed by atoms with E-state index in [0.29, 0.717) is 16.3 Å². The molecule has 2 heterocycles. The zero-order valence-electron chi connectivity index (χ0n) is 13.8. The van der Waals surface area contributed by atoms with Crippen molar-refractivity contribution in [3.05, 3.63) is 46.8 Å². The highest BCUT2D eigenvalue weighted by Crippen LogP contribution is 2.25. The second kappa shape index (κ2) is 7.36. The molecular weight excluding hydrogens is 358 g/mol. The average Bonchev–Trinajstić information content (AvgIpc) is 3.11. The van der Waals surface area contributed by atoms with Crippen LogP contribution in [0.15, 0.2) is 35.7 Å². The lowest BCUT2D eigenvalue weighted by Gasteiger charge is -2.27. The van der Waals surface area contributed by atoms with E-state index in [-0.39, 0.29) is 30.2 Å². The van der Waals surface area contributed by atoms with Gasteiger partial charge in [0.05, 0.1) is 18.4 Å². The van der Waals surface area contributed by atoms with Crippen molar-refractivity contribution in [3.63, 3.8) is 0 Å². The van der Waals surface area contributed by atoms with Crippen LogP contribution in [0.2, 0.25) is 0 Å². The van der Waals surface area contributed by atoms with Crippen molar-refractivity contribution in [2.24, 2.45) is 0 Å². The molecule has 1 fully saturated rings. The predicted molar refractivity (Wildman–Crippen MR) is 94.9 cm³/mol. The van der Waals surface area contributed by atoms with Crippen molar-refractivity contribution >= 4 is 45.7 Å². The first-order valence-corrected chi connectivity index (χ1v) is 8.57. The number of anilines is 2. The summed E-state index contributed by atoms with van der Waals surface area (Å²) < 4.78 is 4.67. The number of nitrogens with zero attached hydrogens (tertiary/aromatic N) is 1. The maximum absolute atomic E-state index is 12.4. The molecule has 1 saturated heterocycles. The second-order valence-corrected chi connectivity index (χ2v) is 6.34. The lowest BCUT2D eigenvalue weighted by Crippen LogP contribution is -2.50. The van der Waals surface area contributed by atoms with Crippen LogP contribution >= 0.6 is 11.3 Å². The number of esters is 1. The number of nitrogens with one attached hydrogen (secondary N) is 2. The molecule has 0 unspecified atom stereocenters. The van der Waals surface area contributed by atoms with Crippen LogP contribution in [0.5, 0.6) is 0 Å². The molecule has 0 spiro atoms. The zero-order chi connectivity index (χ0) is 18.7. The van der Waals surface area contributed by atoms with E-state index in [1.54, 1.807) is 23.6 Å². The van der Waals surface area contributed by atoms with E-state index in [2.05, 4.69) is 15.5 Å². The molecular formula is C17H15N3O5S. The summed E-state index contributed by atoms with van der Waals surface area (Å²) in [6.07, 6.45) is 0.307. The summed E-state index contributed by atoms with van der Waals surface area (Å²) in [5, 5.41) is 5.90. The van der Waals surface area contributed by atoms with Crippen LogP contribution in [0.4, 0.5) is 10.7 Å². The molecule has 3 rings (SSSR count). The van der Waals surface area contributed by atoms with E-state index in [4.69, 9.17) is 0 Å². The maximum atomic E-state index is 12.4. The van der Waals surface area contributed by atoms with Crippen LogP contribution < -0.4 is 15.8 Å². The first-order valence-electron chi connectivity index (χ1n) is 7.69. The molecule has 26 heavy (non-hydrogen) atoms. The van der Waals surface area contributed by atoms with E-state index >= 15 is 0 Å². The fourth-order valence-electron chi connectivity index (χ4n) is 2.40. The van der Waals surface area contributed by atoms with Gasteiger partial charge in [0.2, 0.25) is 11.8 Å². The molecule has 3 amide bonds. The Morgan fingerprint density at radius 3 is 2.58 bits per heavy atom. The minimum absolute atomic E-state index is 0.142. The highest BCUT2D eigenvalue weighted by Gasteiger charge is 2.24. The molecule has 0 saturated carbocycles. The minimum Gasteiger partial charge on any atom is -0.465 e. The van der Waals surface area contributed by atoms with Gasteiger partial charge in [-0.25, -0.2) is 9.80 Å². The number of hydrogen-bond donors (Lipinski definition) is 2. The summed E-state index contributed by atoms with van der Waals surface area (Å²) >= 11 is 1.21. The largest absolute Gasteiger partial charge is 0.465 e. The van der Waals surface area contributed by atoms with Crippen molar-refractivity contribution in [3.8, 4) is 0 Å². The summed E-state index contributed by atoms with van der Waals surface area (Å²) in [7, 11) is 1.27. The van der Waals surface area contributed by atoms with Gasteiger partial charge < -0.3 is 10.1 Å². The van der Waals surface area contributed by atoms with Gasteiger partial charge in [-0.2, -0.15) is 0 Å². The molecule has 0 radical (unpaired) electrons. The standard InChI is InChI=1S/C17H15N3O5S/c1-25-17(24)12-8-9-26-16(12)18-15(23)10-2-4-11(5-3-10)20-14(22)7-6-13(21)19-20/h2-5,8-9H,6-7H2,1H3,(H,18,23)(H,19,21).